The summed E-state index contributed by atoms with van der Waals surface area (Å²) in [6, 6.07) is 38.2. The van der Waals surface area contributed by atoms with Crippen LogP contribution in [0.25, 0.3) is 22.0 Å². The van der Waals surface area contributed by atoms with Gasteiger partial charge in [0.1, 0.15) is 23.8 Å². The third-order valence-electron chi connectivity index (χ3n) is 9.27. The molecule has 6 aromatic rings. The van der Waals surface area contributed by atoms with E-state index in [1.807, 2.05) is 24.5 Å². The number of halogens is 1. The second-order valence-corrected chi connectivity index (χ2v) is 14.5. The fraction of sp³-hybridized carbons (Fsp3) is 0.268. The fourth-order valence-electron chi connectivity index (χ4n) is 6.26. The molecule has 0 aliphatic heterocycles. The molecule has 0 radical (unpaired) electrons. The van der Waals surface area contributed by atoms with E-state index in [2.05, 4.69) is 149 Å². The van der Waals surface area contributed by atoms with E-state index < -0.39 is 0 Å². The molecule has 0 saturated heterocycles. The topological polar surface area (TPSA) is 70.1 Å². The number of rotatable bonds is 11. The highest BCUT2D eigenvalue weighted by molar-refractivity contribution is 14.1. The molecule has 3 aliphatic carbocycles. The molecule has 3 heterocycles. The van der Waals surface area contributed by atoms with Gasteiger partial charge in [0, 0.05) is 52.6 Å². The number of anilines is 3. The van der Waals surface area contributed by atoms with Gasteiger partial charge >= 0.3 is 0 Å². The number of hydrogen-bond donors (Lipinski definition) is 1. The molecule has 7 nitrogen and oxygen atoms in total. The molecule has 3 aliphatic rings. The van der Waals surface area contributed by atoms with Gasteiger partial charge in [-0.1, -0.05) is 48.5 Å². The molecule has 8 heteroatoms. The van der Waals surface area contributed by atoms with Crippen LogP contribution in [-0.2, 0) is 13.1 Å². The highest BCUT2D eigenvalue weighted by Crippen LogP contribution is 2.34. The van der Waals surface area contributed by atoms with E-state index in [1.54, 1.807) is 6.33 Å². The van der Waals surface area contributed by atoms with Gasteiger partial charge in [-0.15, -0.1) is 0 Å². The van der Waals surface area contributed by atoms with Crippen molar-refractivity contribution < 1.29 is 0 Å². The van der Waals surface area contributed by atoms with Gasteiger partial charge in [0.05, 0.1) is 5.52 Å². The van der Waals surface area contributed by atoms with E-state index in [1.165, 1.54) is 64.3 Å². The molecule has 3 aromatic heterocycles. The van der Waals surface area contributed by atoms with E-state index >= 15 is 0 Å². The zero-order chi connectivity index (χ0) is 33.0. The maximum absolute atomic E-state index is 4.59. The lowest BCUT2D eigenvalue weighted by Gasteiger charge is -2.23. The van der Waals surface area contributed by atoms with Crippen molar-refractivity contribution in [2.45, 2.75) is 69.7 Å². The number of aromatic nitrogens is 4. The van der Waals surface area contributed by atoms with Gasteiger partial charge in [0.15, 0.2) is 0 Å². The zero-order valence-electron chi connectivity index (χ0n) is 27.5. The first-order chi connectivity index (χ1) is 24.2. The molecule has 0 amide bonds. The molecule has 1 N–H and O–H groups in total. The Morgan fingerprint density at radius 2 is 1.22 bits per heavy atom. The van der Waals surface area contributed by atoms with Gasteiger partial charge < -0.3 is 15.1 Å². The highest BCUT2D eigenvalue weighted by atomic mass is 127. The van der Waals surface area contributed by atoms with E-state index in [0.29, 0.717) is 18.1 Å². The standard InChI is InChI=1S/C26H25N5.C15H15IN2/c1-2-13-27-25(6-1)31(22-10-11-22)16-18-4-3-5-19(14-18)20-7-12-24-23(15-20)26(29-17-28-24)30-21-8-9-21;16-13-5-3-4-12(10-13)11-18(14-7-8-14)15-6-1-2-9-17-15/h1-7,12-15,17,21-22H,8-11,16H2,(H,28,29,30);1-6,9-10,14H,7-8,11H2. The van der Waals surface area contributed by atoms with Crippen LogP contribution in [0.5, 0.6) is 0 Å². The predicted molar refractivity (Wildman–Crippen MR) is 208 cm³/mol. The molecular formula is C41H40IN7. The third-order valence-corrected chi connectivity index (χ3v) is 9.94. The number of pyridine rings is 2. The molecule has 9 rings (SSSR count). The molecular weight excluding hydrogens is 717 g/mol. The van der Waals surface area contributed by atoms with Gasteiger partial charge in [-0.2, -0.15) is 0 Å². The molecule has 49 heavy (non-hydrogen) atoms. The molecule has 3 saturated carbocycles. The van der Waals surface area contributed by atoms with Crippen molar-refractivity contribution in [3.8, 4) is 11.1 Å². The quantitative estimate of drug-likeness (QED) is 0.132. The maximum atomic E-state index is 4.59. The van der Waals surface area contributed by atoms with Crippen LogP contribution in [0.15, 0.2) is 122 Å². The largest absolute Gasteiger partial charge is 0.367 e. The van der Waals surface area contributed by atoms with E-state index in [4.69, 9.17) is 0 Å². The molecule has 0 spiro atoms. The van der Waals surface area contributed by atoms with Gasteiger partial charge in [-0.3, -0.25) is 0 Å². The molecule has 0 atom stereocenters. The summed E-state index contributed by atoms with van der Waals surface area (Å²) in [6.07, 6.45) is 12.9. The zero-order valence-corrected chi connectivity index (χ0v) is 29.7. The number of fused-ring (bicyclic) bond motifs is 1. The first-order valence-corrected chi connectivity index (χ1v) is 18.4. The summed E-state index contributed by atoms with van der Waals surface area (Å²) in [5.74, 6) is 3.11. The molecule has 0 unspecified atom stereocenters. The SMILES string of the molecule is Ic1cccc(CN(c2ccccn2)C2CC2)c1.c1ccc(N(Cc2cccc(-c3ccc4ncnc(NC5CC5)c4c3)c2)C2CC2)nc1. The van der Waals surface area contributed by atoms with Crippen LogP contribution in [0.3, 0.4) is 0 Å². The number of nitrogens with zero attached hydrogens (tertiary/aromatic N) is 6. The van der Waals surface area contributed by atoms with Crippen LogP contribution in [0.2, 0.25) is 0 Å². The van der Waals surface area contributed by atoms with Crippen molar-refractivity contribution in [2.75, 3.05) is 15.1 Å². The second kappa shape index (κ2) is 14.5. The second-order valence-electron chi connectivity index (χ2n) is 13.3. The summed E-state index contributed by atoms with van der Waals surface area (Å²) in [6.45, 7) is 1.83. The summed E-state index contributed by atoms with van der Waals surface area (Å²) in [7, 11) is 0. The number of benzene rings is 3. The van der Waals surface area contributed by atoms with Crippen molar-refractivity contribution in [2.24, 2.45) is 0 Å². The first kappa shape index (κ1) is 31.7. The van der Waals surface area contributed by atoms with Crippen molar-refractivity contribution in [1.82, 2.24) is 19.9 Å². The average molecular weight is 758 g/mol. The summed E-state index contributed by atoms with van der Waals surface area (Å²) < 4.78 is 1.29. The normalized spacial score (nSPS) is 15.3. The lowest BCUT2D eigenvalue weighted by atomic mass is 10.0. The van der Waals surface area contributed by atoms with Gasteiger partial charge in [-0.05, 0) is 138 Å². The third kappa shape index (κ3) is 8.19. The van der Waals surface area contributed by atoms with Crippen LogP contribution in [0, 0.1) is 3.57 Å². The Morgan fingerprint density at radius 1 is 0.592 bits per heavy atom. The smallest absolute Gasteiger partial charge is 0.137 e. The van der Waals surface area contributed by atoms with Crippen molar-refractivity contribution in [3.63, 3.8) is 0 Å². The average Bonchev–Trinajstić information content (AvgIpc) is 3.98. The van der Waals surface area contributed by atoms with Crippen LogP contribution >= 0.6 is 22.6 Å². The van der Waals surface area contributed by atoms with Crippen LogP contribution < -0.4 is 15.1 Å². The van der Waals surface area contributed by atoms with Crippen molar-refractivity contribution in [1.29, 1.82) is 0 Å². The Labute approximate surface area is 302 Å². The molecule has 246 valence electrons. The lowest BCUT2D eigenvalue weighted by Crippen LogP contribution is -2.25. The minimum absolute atomic E-state index is 0.560. The van der Waals surface area contributed by atoms with Gasteiger partial charge in [0.25, 0.3) is 0 Å². The number of nitrogens with one attached hydrogen (secondary N) is 1. The lowest BCUT2D eigenvalue weighted by molar-refractivity contribution is 0.778. The summed E-state index contributed by atoms with van der Waals surface area (Å²) in [5.41, 5.74) is 6.06. The monoisotopic (exact) mass is 757 g/mol. The van der Waals surface area contributed by atoms with Crippen LogP contribution in [0.1, 0.15) is 49.7 Å². The predicted octanol–water partition coefficient (Wildman–Crippen LogP) is 9.29. The minimum atomic E-state index is 0.560. The van der Waals surface area contributed by atoms with E-state index in [0.717, 1.165) is 41.4 Å². The Kier molecular flexibility index (Phi) is 9.38. The summed E-state index contributed by atoms with van der Waals surface area (Å²) >= 11 is 2.37. The van der Waals surface area contributed by atoms with Gasteiger partial charge in [-0.25, -0.2) is 19.9 Å². The van der Waals surface area contributed by atoms with Crippen molar-refractivity contribution in [3.05, 3.63) is 137 Å². The van der Waals surface area contributed by atoms with Crippen LogP contribution in [0.4, 0.5) is 17.5 Å². The Morgan fingerprint density at radius 3 is 1.82 bits per heavy atom. The van der Waals surface area contributed by atoms with Crippen molar-refractivity contribution >= 4 is 50.9 Å². The molecule has 0 bridgehead atoms. The van der Waals surface area contributed by atoms with Crippen LogP contribution in [-0.4, -0.2) is 38.1 Å². The number of hydrogen-bond acceptors (Lipinski definition) is 7. The van der Waals surface area contributed by atoms with E-state index in [-0.39, 0.29) is 0 Å². The molecule has 3 fully saturated rings. The summed E-state index contributed by atoms with van der Waals surface area (Å²) in [4.78, 5) is 22.9. The fourth-order valence-corrected chi connectivity index (χ4v) is 6.87. The molecule has 3 aromatic carbocycles. The summed E-state index contributed by atoms with van der Waals surface area (Å²) in [5, 5.41) is 4.64. The Bertz CT molecular complexity index is 2010. The highest BCUT2D eigenvalue weighted by Gasteiger charge is 2.31. The van der Waals surface area contributed by atoms with Gasteiger partial charge in [0.2, 0.25) is 0 Å². The van der Waals surface area contributed by atoms with E-state index in [9.17, 15) is 0 Å². The Hall–Kier alpha value is -4.57. The Balaban J connectivity index is 0.000000165. The first-order valence-electron chi connectivity index (χ1n) is 17.4. The maximum Gasteiger partial charge on any atom is 0.137 e. The minimum Gasteiger partial charge on any atom is -0.367 e.